The third-order valence-corrected chi connectivity index (χ3v) is 4.25. The Morgan fingerprint density at radius 1 is 1.11 bits per heavy atom. The van der Waals surface area contributed by atoms with Crippen molar-refractivity contribution in [2.75, 3.05) is 6.61 Å². The van der Waals surface area contributed by atoms with Crippen molar-refractivity contribution >= 4 is 40.7 Å². The van der Waals surface area contributed by atoms with E-state index in [1.807, 2.05) is 25.1 Å². The summed E-state index contributed by atoms with van der Waals surface area (Å²) < 4.78 is 5.65. The lowest BCUT2D eigenvalue weighted by Crippen LogP contribution is -2.49. The number of ether oxygens (including phenoxy) is 1. The lowest BCUT2D eigenvalue weighted by Gasteiger charge is -2.15. The van der Waals surface area contributed by atoms with E-state index in [-0.39, 0.29) is 17.6 Å². The van der Waals surface area contributed by atoms with Crippen molar-refractivity contribution in [2.24, 2.45) is 0 Å². The van der Waals surface area contributed by atoms with E-state index in [1.165, 1.54) is 0 Å². The van der Waals surface area contributed by atoms with Gasteiger partial charge >= 0.3 is 0 Å². The highest BCUT2D eigenvalue weighted by Gasteiger charge is 2.12. The zero-order valence-electron chi connectivity index (χ0n) is 15.8. The van der Waals surface area contributed by atoms with Gasteiger partial charge in [-0.1, -0.05) is 37.6 Å². The maximum atomic E-state index is 12.1. The Hall–Kier alpha value is -2.64. The van der Waals surface area contributed by atoms with Crippen molar-refractivity contribution < 1.29 is 14.3 Å². The molecule has 2 aromatic carbocycles. The third kappa shape index (κ3) is 6.51. The molecule has 0 spiro atoms. The quantitative estimate of drug-likeness (QED) is 0.510. The van der Waals surface area contributed by atoms with E-state index in [0.717, 1.165) is 11.1 Å². The number of nitrogens with one attached hydrogen (secondary N) is 3. The second kappa shape index (κ2) is 10.1. The summed E-state index contributed by atoms with van der Waals surface area (Å²) in [5, 5.41) is 2.94. The SMILES string of the molecule is Cc1ccc(C(C)C)c(OCC(=O)NC(=S)NNC(=O)c2ccc(Cl)cc2)c1. The first-order chi connectivity index (χ1) is 13.3. The van der Waals surface area contributed by atoms with E-state index in [9.17, 15) is 9.59 Å². The van der Waals surface area contributed by atoms with Gasteiger partial charge in [-0.25, -0.2) is 0 Å². The van der Waals surface area contributed by atoms with Crippen LogP contribution in [0.25, 0.3) is 0 Å². The van der Waals surface area contributed by atoms with Crippen molar-refractivity contribution in [3.63, 3.8) is 0 Å². The number of hydrogen-bond acceptors (Lipinski definition) is 4. The fourth-order valence-electron chi connectivity index (χ4n) is 2.37. The summed E-state index contributed by atoms with van der Waals surface area (Å²) in [7, 11) is 0. The number of rotatable bonds is 5. The van der Waals surface area contributed by atoms with Crippen molar-refractivity contribution in [1.82, 2.24) is 16.2 Å². The number of carbonyl (C=O) groups excluding carboxylic acids is 2. The van der Waals surface area contributed by atoms with E-state index in [1.54, 1.807) is 24.3 Å². The molecule has 0 aliphatic carbocycles. The Morgan fingerprint density at radius 3 is 2.43 bits per heavy atom. The maximum Gasteiger partial charge on any atom is 0.269 e. The van der Waals surface area contributed by atoms with Crippen LogP contribution in [0.1, 0.15) is 41.3 Å². The van der Waals surface area contributed by atoms with E-state index in [2.05, 4.69) is 30.0 Å². The van der Waals surface area contributed by atoms with Crippen molar-refractivity contribution in [3.05, 3.63) is 64.2 Å². The van der Waals surface area contributed by atoms with Gasteiger partial charge < -0.3 is 4.74 Å². The fourth-order valence-corrected chi connectivity index (χ4v) is 2.66. The van der Waals surface area contributed by atoms with Gasteiger partial charge in [0.2, 0.25) is 0 Å². The zero-order chi connectivity index (χ0) is 20.7. The minimum absolute atomic E-state index is 0.0377. The molecular weight excluding hydrogens is 398 g/mol. The molecule has 0 saturated carbocycles. The van der Waals surface area contributed by atoms with Crippen LogP contribution in [0.3, 0.4) is 0 Å². The summed E-state index contributed by atoms with van der Waals surface area (Å²) in [6.07, 6.45) is 0. The molecule has 0 atom stereocenters. The van der Waals surface area contributed by atoms with Crippen LogP contribution in [0.15, 0.2) is 42.5 Å². The number of thiocarbonyl (C=S) groups is 1. The first-order valence-corrected chi connectivity index (χ1v) is 9.44. The van der Waals surface area contributed by atoms with Gasteiger partial charge in [-0.05, 0) is 66.5 Å². The largest absolute Gasteiger partial charge is 0.483 e. The van der Waals surface area contributed by atoms with Crippen molar-refractivity contribution in [1.29, 1.82) is 0 Å². The smallest absolute Gasteiger partial charge is 0.269 e. The number of benzene rings is 2. The van der Waals surface area contributed by atoms with Gasteiger partial charge in [-0.3, -0.25) is 25.8 Å². The Morgan fingerprint density at radius 2 is 1.79 bits per heavy atom. The zero-order valence-corrected chi connectivity index (χ0v) is 17.4. The number of amides is 2. The van der Waals surface area contributed by atoms with Gasteiger partial charge in [-0.15, -0.1) is 0 Å². The number of hydrogen-bond donors (Lipinski definition) is 3. The molecule has 0 bridgehead atoms. The number of aryl methyl sites for hydroxylation is 1. The Kier molecular flexibility index (Phi) is 7.78. The summed E-state index contributed by atoms with van der Waals surface area (Å²) in [5.74, 6) is 0.0878. The normalized spacial score (nSPS) is 10.3. The first kappa shape index (κ1) is 21.7. The molecule has 148 valence electrons. The van der Waals surface area contributed by atoms with Gasteiger partial charge in [-0.2, -0.15) is 0 Å². The summed E-state index contributed by atoms with van der Waals surface area (Å²) in [5.41, 5.74) is 7.34. The molecule has 0 unspecified atom stereocenters. The minimum atomic E-state index is -0.436. The number of carbonyl (C=O) groups is 2. The van der Waals surface area contributed by atoms with Crippen LogP contribution < -0.4 is 20.9 Å². The Bertz CT molecular complexity index is 869. The first-order valence-electron chi connectivity index (χ1n) is 8.65. The van der Waals surface area contributed by atoms with Crippen LogP contribution in [-0.2, 0) is 4.79 Å². The van der Waals surface area contributed by atoms with E-state index < -0.39 is 11.8 Å². The molecule has 2 amide bonds. The Labute approximate surface area is 174 Å². The lowest BCUT2D eigenvalue weighted by molar-refractivity contribution is -0.121. The van der Waals surface area contributed by atoms with Gasteiger partial charge in [0.05, 0.1) is 0 Å². The molecule has 8 heteroatoms. The molecule has 2 aromatic rings. The van der Waals surface area contributed by atoms with E-state index >= 15 is 0 Å². The maximum absolute atomic E-state index is 12.1. The van der Waals surface area contributed by atoms with Gasteiger partial charge in [0.1, 0.15) is 5.75 Å². The van der Waals surface area contributed by atoms with Crippen LogP contribution in [0.5, 0.6) is 5.75 Å². The van der Waals surface area contributed by atoms with Crippen molar-refractivity contribution in [2.45, 2.75) is 26.7 Å². The molecule has 2 rings (SSSR count). The van der Waals surface area contributed by atoms with Crippen LogP contribution in [0, 0.1) is 6.92 Å². The standard InChI is InChI=1S/C20H22ClN3O3S/c1-12(2)16-9-4-13(3)10-17(16)27-11-18(25)22-20(28)24-23-19(26)14-5-7-15(21)8-6-14/h4-10,12H,11H2,1-3H3,(H,23,26)(H2,22,24,25,28). The molecule has 0 aromatic heterocycles. The average Bonchev–Trinajstić information content (AvgIpc) is 2.64. The summed E-state index contributed by atoms with van der Waals surface area (Å²) in [6, 6.07) is 12.2. The van der Waals surface area contributed by atoms with Gasteiger partial charge in [0.25, 0.3) is 11.8 Å². The molecule has 0 heterocycles. The highest BCUT2D eigenvalue weighted by Crippen LogP contribution is 2.27. The fraction of sp³-hybridized carbons (Fsp3) is 0.250. The molecular formula is C20H22ClN3O3S. The molecule has 28 heavy (non-hydrogen) atoms. The molecule has 0 saturated heterocycles. The topological polar surface area (TPSA) is 79.5 Å². The summed E-state index contributed by atoms with van der Waals surface area (Å²) in [4.78, 5) is 24.0. The second-order valence-electron chi connectivity index (χ2n) is 6.45. The number of halogens is 1. The summed E-state index contributed by atoms with van der Waals surface area (Å²) >= 11 is 10.8. The third-order valence-electron chi connectivity index (χ3n) is 3.80. The van der Waals surface area contributed by atoms with Crippen LogP contribution in [0.2, 0.25) is 5.02 Å². The van der Waals surface area contributed by atoms with E-state index in [0.29, 0.717) is 16.3 Å². The average molecular weight is 420 g/mol. The predicted molar refractivity (Wildman–Crippen MR) is 114 cm³/mol. The molecule has 0 aliphatic rings. The summed E-state index contributed by atoms with van der Waals surface area (Å²) in [6.45, 7) is 5.87. The monoisotopic (exact) mass is 419 g/mol. The highest BCUT2D eigenvalue weighted by molar-refractivity contribution is 7.80. The minimum Gasteiger partial charge on any atom is -0.483 e. The number of hydrazine groups is 1. The molecule has 3 N–H and O–H groups in total. The Balaban J connectivity index is 1.81. The van der Waals surface area contributed by atoms with Crippen LogP contribution in [-0.4, -0.2) is 23.5 Å². The lowest BCUT2D eigenvalue weighted by atomic mass is 10.0. The second-order valence-corrected chi connectivity index (χ2v) is 7.29. The molecule has 0 aliphatic heterocycles. The predicted octanol–water partition coefficient (Wildman–Crippen LogP) is 3.49. The highest BCUT2D eigenvalue weighted by atomic mass is 35.5. The molecule has 0 fully saturated rings. The van der Waals surface area contributed by atoms with E-state index in [4.69, 9.17) is 28.6 Å². The van der Waals surface area contributed by atoms with Gasteiger partial charge in [0, 0.05) is 10.6 Å². The van der Waals surface area contributed by atoms with Crippen LogP contribution >= 0.6 is 23.8 Å². The molecule has 0 radical (unpaired) electrons. The van der Waals surface area contributed by atoms with Gasteiger partial charge in [0.15, 0.2) is 11.7 Å². The molecule has 6 nitrogen and oxygen atoms in total. The van der Waals surface area contributed by atoms with Crippen molar-refractivity contribution in [3.8, 4) is 5.75 Å². The van der Waals surface area contributed by atoms with Crippen LogP contribution in [0.4, 0.5) is 0 Å².